The fourth-order valence-electron chi connectivity index (χ4n) is 3.64. The van der Waals surface area contributed by atoms with Gasteiger partial charge in [0.15, 0.2) is 0 Å². The van der Waals surface area contributed by atoms with Gasteiger partial charge in [-0.1, -0.05) is 13.0 Å². The van der Waals surface area contributed by atoms with E-state index in [1.54, 1.807) is 16.5 Å². The van der Waals surface area contributed by atoms with E-state index >= 15 is 0 Å². The van der Waals surface area contributed by atoms with Crippen LogP contribution in [-0.2, 0) is 19.6 Å². The van der Waals surface area contributed by atoms with Crippen LogP contribution < -0.4 is 5.32 Å². The maximum atomic E-state index is 13.3. The summed E-state index contributed by atoms with van der Waals surface area (Å²) >= 11 is 1.42. The van der Waals surface area contributed by atoms with E-state index in [0.29, 0.717) is 37.4 Å². The quantitative estimate of drug-likeness (QED) is 0.354. The number of aromatic nitrogens is 3. The molecule has 4 aromatic rings. The van der Waals surface area contributed by atoms with Gasteiger partial charge >= 0.3 is 0 Å². The standard InChI is InChI=1S/C26H26FN5O2S/c1-2-13-32(26(34)19-8-10-20(27)11-9-19)16-22-7-5-14-31(22)17-24-30-23(18-35-24)25(33)29-15-21-6-3-4-12-28-21/h3-12,14,18H,2,13,15-17H2,1H3,(H,29,33). The lowest BCUT2D eigenvalue weighted by atomic mass is 10.2. The Balaban J connectivity index is 1.40. The molecule has 180 valence electrons. The van der Waals surface area contributed by atoms with Crippen molar-refractivity contribution in [2.45, 2.75) is 33.0 Å². The Morgan fingerprint density at radius 3 is 2.69 bits per heavy atom. The van der Waals surface area contributed by atoms with Crippen molar-refractivity contribution in [3.63, 3.8) is 0 Å². The fraction of sp³-hybridized carbons (Fsp3) is 0.231. The summed E-state index contributed by atoms with van der Waals surface area (Å²) in [5.74, 6) is -0.753. The molecule has 0 spiro atoms. The highest BCUT2D eigenvalue weighted by molar-refractivity contribution is 7.09. The number of amides is 2. The van der Waals surface area contributed by atoms with Crippen LogP contribution in [-0.4, -0.2) is 37.8 Å². The third kappa shape index (κ3) is 6.39. The van der Waals surface area contributed by atoms with Crippen molar-refractivity contribution < 1.29 is 14.0 Å². The normalized spacial score (nSPS) is 10.8. The first-order valence-corrected chi connectivity index (χ1v) is 12.2. The highest BCUT2D eigenvalue weighted by Crippen LogP contribution is 2.17. The van der Waals surface area contributed by atoms with Crippen LogP contribution in [0, 0.1) is 5.82 Å². The molecule has 3 heterocycles. The lowest BCUT2D eigenvalue weighted by Crippen LogP contribution is -2.32. The van der Waals surface area contributed by atoms with E-state index in [0.717, 1.165) is 22.8 Å². The first kappa shape index (κ1) is 24.3. The minimum Gasteiger partial charge on any atom is -0.345 e. The summed E-state index contributed by atoms with van der Waals surface area (Å²) in [6.45, 7) is 3.84. The first-order valence-electron chi connectivity index (χ1n) is 11.3. The van der Waals surface area contributed by atoms with E-state index in [-0.39, 0.29) is 17.6 Å². The molecule has 2 amide bonds. The molecule has 1 aromatic carbocycles. The number of rotatable bonds is 10. The summed E-state index contributed by atoms with van der Waals surface area (Å²) in [6.07, 6.45) is 4.42. The molecule has 0 saturated carbocycles. The van der Waals surface area contributed by atoms with Crippen molar-refractivity contribution in [1.82, 2.24) is 24.8 Å². The number of hydrogen-bond donors (Lipinski definition) is 1. The molecule has 0 unspecified atom stereocenters. The number of thiazole rings is 1. The number of nitrogens with zero attached hydrogens (tertiary/aromatic N) is 4. The van der Waals surface area contributed by atoms with E-state index in [2.05, 4.69) is 15.3 Å². The highest BCUT2D eigenvalue weighted by atomic mass is 32.1. The Kier molecular flexibility index (Phi) is 7.99. The van der Waals surface area contributed by atoms with Crippen LogP contribution in [0.3, 0.4) is 0 Å². The molecule has 0 radical (unpaired) electrons. The minimum absolute atomic E-state index is 0.138. The second kappa shape index (κ2) is 11.5. The molecule has 9 heteroatoms. The molecule has 4 rings (SSSR count). The van der Waals surface area contributed by atoms with Gasteiger partial charge < -0.3 is 14.8 Å². The highest BCUT2D eigenvalue weighted by Gasteiger charge is 2.18. The summed E-state index contributed by atoms with van der Waals surface area (Å²) in [7, 11) is 0. The molecule has 0 fully saturated rings. The van der Waals surface area contributed by atoms with Gasteiger partial charge in [0.05, 0.1) is 25.3 Å². The Labute approximate surface area is 207 Å². The summed E-state index contributed by atoms with van der Waals surface area (Å²) in [5, 5.41) is 5.37. The zero-order valence-electron chi connectivity index (χ0n) is 19.4. The smallest absolute Gasteiger partial charge is 0.271 e. The Hall–Kier alpha value is -3.85. The lowest BCUT2D eigenvalue weighted by molar-refractivity contribution is 0.0739. The second-order valence-electron chi connectivity index (χ2n) is 7.99. The van der Waals surface area contributed by atoms with Crippen LogP contribution in [0.5, 0.6) is 0 Å². The van der Waals surface area contributed by atoms with Crippen LogP contribution in [0.4, 0.5) is 4.39 Å². The molecule has 0 saturated heterocycles. The van der Waals surface area contributed by atoms with E-state index in [9.17, 15) is 14.0 Å². The third-order valence-corrected chi connectivity index (χ3v) is 6.23. The Morgan fingerprint density at radius 1 is 1.11 bits per heavy atom. The van der Waals surface area contributed by atoms with Gasteiger partial charge in [-0.05, 0) is 55.0 Å². The van der Waals surface area contributed by atoms with E-state index in [4.69, 9.17) is 0 Å². The number of hydrogen-bond acceptors (Lipinski definition) is 5. The van der Waals surface area contributed by atoms with Gasteiger partial charge in [0.25, 0.3) is 11.8 Å². The molecule has 0 bridgehead atoms. The summed E-state index contributed by atoms with van der Waals surface area (Å²) in [5.41, 5.74) is 2.55. The third-order valence-electron chi connectivity index (χ3n) is 5.39. The topological polar surface area (TPSA) is 80.1 Å². The van der Waals surface area contributed by atoms with Crippen LogP contribution in [0.1, 0.15) is 50.6 Å². The Bertz CT molecular complexity index is 1270. The molecular weight excluding hydrogens is 465 g/mol. The number of halogens is 1. The summed E-state index contributed by atoms with van der Waals surface area (Å²) in [6, 6.07) is 15.1. The number of carbonyl (C=O) groups excluding carboxylic acids is 2. The van der Waals surface area contributed by atoms with Crippen molar-refractivity contribution in [2.24, 2.45) is 0 Å². The lowest BCUT2D eigenvalue weighted by Gasteiger charge is -2.23. The maximum Gasteiger partial charge on any atom is 0.271 e. The minimum atomic E-state index is -0.370. The van der Waals surface area contributed by atoms with Gasteiger partial charge in [-0.15, -0.1) is 11.3 Å². The molecule has 35 heavy (non-hydrogen) atoms. The number of benzene rings is 1. The monoisotopic (exact) mass is 491 g/mol. The van der Waals surface area contributed by atoms with Crippen molar-refractivity contribution in [2.75, 3.05) is 6.54 Å². The maximum absolute atomic E-state index is 13.3. The molecule has 0 aliphatic rings. The zero-order valence-corrected chi connectivity index (χ0v) is 20.2. The van der Waals surface area contributed by atoms with Gasteiger partial charge in [0.1, 0.15) is 16.5 Å². The summed E-state index contributed by atoms with van der Waals surface area (Å²) < 4.78 is 15.3. The SMILES string of the molecule is CCCN(Cc1cccn1Cc1nc(C(=O)NCc2ccccn2)cs1)C(=O)c1ccc(F)cc1. The molecule has 0 aliphatic carbocycles. The van der Waals surface area contributed by atoms with Crippen LogP contribution >= 0.6 is 11.3 Å². The van der Waals surface area contributed by atoms with Crippen molar-refractivity contribution >= 4 is 23.2 Å². The van der Waals surface area contributed by atoms with Gasteiger partial charge in [0.2, 0.25) is 0 Å². The predicted octanol–water partition coefficient (Wildman–Crippen LogP) is 4.51. The predicted molar refractivity (Wildman–Crippen MR) is 132 cm³/mol. The average Bonchev–Trinajstić information content (AvgIpc) is 3.53. The molecule has 3 aromatic heterocycles. The Morgan fingerprint density at radius 2 is 1.94 bits per heavy atom. The van der Waals surface area contributed by atoms with Crippen LogP contribution in [0.25, 0.3) is 0 Å². The molecule has 0 atom stereocenters. The van der Waals surface area contributed by atoms with Crippen LogP contribution in [0.15, 0.2) is 72.4 Å². The van der Waals surface area contributed by atoms with Crippen molar-refractivity contribution in [1.29, 1.82) is 0 Å². The molecule has 0 aliphatic heterocycles. The zero-order chi connectivity index (χ0) is 24.6. The van der Waals surface area contributed by atoms with E-state index in [1.165, 1.54) is 35.6 Å². The van der Waals surface area contributed by atoms with Crippen molar-refractivity contribution in [3.05, 3.63) is 106 Å². The van der Waals surface area contributed by atoms with Gasteiger partial charge in [-0.25, -0.2) is 9.37 Å². The van der Waals surface area contributed by atoms with Gasteiger partial charge in [0, 0.05) is 35.6 Å². The average molecular weight is 492 g/mol. The van der Waals surface area contributed by atoms with Crippen LogP contribution in [0.2, 0.25) is 0 Å². The number of pyridine rings is 1. The number of nitrogens with one attached hydrogen (secondary N) is 1. The van der Waals surface area contributed by atoms with Crippen molar-refractivity contribution in [3.8, 4) is 0 Å². The van der Waals surface area contributed by atoms with E-state index in [1.807, 2.05) is 48.0 Å². The second-order valence-corrected chi connectivity index (χ2v) is 8.93. The molecule has 7 nitrogen and oxygen atoms in total. The summed E-state index contributed by atoms with van der Waals surface area (Å²) in [4.78, 5) is 36.0. The molecular formula is C26H26FN5O2S. The van der Waals surface area contributed by atoms with E-state index < -0.39 is 0 Å². The first-order chi connectivity index (χ1) is 17.0. The largest absolute Gasteiger partial charge is 0.345 e. The fourth-order valence-corrected chi connectivity index (χ4v) is 4.41. The number of carbonyl (C=O) groups is 2. The van der Waals surface area contributed by atoms with Gasteiger partial charge in [-0.3, -0.25) is 14.6 Å². The van der Waals surface area contributed by atoms with Gasteiger partial charge in [-0.2, -0.15) is 0 Å². The molecule has 1 N–H and O–H groups in total.